The Morgan fingerprint density at radius 1 is 1.20 bits per heavy atom. The molecule has 0 amide bonds. The number of nitrogen functional groups attached to an aromatic ring is 2. The molecule has 0 heterocycles. The normalized spacial score (nSPS) is 9.80. The molecule has 0 fully saturated rings. The van der Waals surface area contributed by atoms with E-state index in [0.717, 1.165) is 0 Å². The highest BCUT2D eigenvalue weighted by Gasteiger charge is 1.99. The van der Waals surface area contributed by atoms with Crippen molar-refractivity contribution in [3.63, 3.8) is 0 Å². The number of halogens is 1. The van der Waals surface area contributed by atoms with Crippen LogP contribution >= 0.6 is 24.2 Å². The molecule has 54 valence electrons. The molecule has 10 heavy (non-hydrogen) atoms. The Bertz CT molecular complexity index is 212. The summed E-state index contributed by atoms with van der Waals surface area (Å²) >= 11 is 9.72. The van der Waals surface area contributed by atoms with Gasteiger partial charge in [0.1, 0.15) is 0 Å². The largest absolute Gasteiger partial charge is 0.397 e. The Hall–Kier alpha value is -0.540. The smallest absolute Gasteiger partial charge is 0.0563 e. The molecule has 0 unspecified atom stereocenters. The molecule has 0 radical (unpaired) electrons. The summed E-state index contributed by atoms with van der Waals surface area (Å²) in [7, 11) is 0. The molecule has 1 aromatic carbocycles. The van der Waals surface area contributed by atoms with Crippen molar-refractivity contribution in [2.75, 3.05) is 11.5 Å². The number of anilines is 2. The zero-order chi connectivity index (χ0) is 7.72. The third kappa shape index (κ3) is 1.30. The lowest BCUT2D eigenvalue weighted by molar-refractivity contribution is 1.47. The van der Waals surface area contributed by atoms with Gasteiger partial charge in [0.05, 0.1) is 16.4 Å². The van der Waals surface area contributed by atoms with Gasteiger partial charge < -0.3 is 11.5 Å². The maximum absolute atomic E-state index is 5.67. The van der Waals surface area contributed by atoms with Crippen LogP contribution in [0.5, 0.6) is 0 Å². The summed E-state index contributed by atoms with van der Waals surface area (Å²) in [5.74, 6) is 0. The maximum Gasteiger partial charge on any atom is 0.0563 e. The van der Waals surface area contributed by atoms with Gasteiger partial charge in [0.15, 0.2) is 0 Å². The first kappa shape index (κ1) is 7.57. The van der Waals surface area contributed by atoms with Crippen molar-refractivity contribution in [1.82, 2.24) is 0 Å². The summed E-state index contributed by atoms with van der Waals surface area (Å²) < 4.78 is 0. The van der Waals surface area contributed by atoms with E-state index in [9.17, 15) is 0 Å². The van der Waals surface area contributed by atoms with Crippen molar-refractivity contribution in [3.05, 3.63) is 17.2 Å². The fourth-order valence-corrected chi connectivity index (χ4v) is 0.969. The van der Waals surface area contributed by atoms with E-state index in [1.807, 2.05) is 0 Å². The highest BCUT2D eigenvalue weighted by molar-refractivity contribution is 7.80. The monoisotopic (exact) mass is 174 g/mol. The highest BCUT2D eigenvalue weighted by atomic mass is 35.5. The van der Waals surface area contributed by atoms with E-state index in [1.54, 1.807) is 12.1 Å². The van der Waals surface area contributed by atoms with Crippen molar-refractivity contribution in [2.45, 2.75) is 4.90 Å². The minimum Gasteiger partial charge on any atom is -0.397 e. The second-order valence-corrected chi connectivity index (χ2v) is 2.82. The van der Waals surface area contributed by atoms with Gasteiger partial charge in [0, 0.05) is 4.90 Å². The average molecular weight is 175 g/mol. The average Bonchev–Trinajstić information content (AvgIpc) is 1.84. The van der Waals surface area contributed by atoms with Crippen LogP contribution in [0.25, 0.3) is 0 Å². The molecule has 0 atom stereocenters. The van der Waals surface area contributed by atoms with Crippen LogP contribution in [0.2, 0.25) is 5.02 Å². The van der Waals surface area contributed by atoms with Gasteiger partial charge in [-0.15, -0.1) is 12.6 Å². The topological polar surface area (TPSA) is 52.0 Å². The Kier molecular flexibility index (Phi) is 1.97. The number of hydrogen-bond donors (Lipinski definition) is 3. The van der Waals surface area contributed by atoms with Crippen molar-refractivity contribution in [2.24, 2.45) is 0 Å². The second-order valence-electron chi connectivity index (χ2n) is 1.93. The molecular weight excluding hydrogens is 168 g/mol. The van der Waals surface area contributed by atoms with Gasteiger partial charge in [0.2, 0.25) is 0 Å². The van der Waals surface area contributed by atoms with Gasteiger partial charge in [-0.3, -0.25) is 0 Å². The van der Waals surface area contributed by atoms with Crippen LogP contribution in [0.15, 0.2) is 17.0 Å². The number of benzene rings is 1. The highest BCUT2D eigenvalue weighted by Crippen LogP contribution is 2.27. The summed E-state index contributed by atoms with van der Waals surface area (Å²) in [5.41, 5.74) is 11.9. The Morgan fingerprint density at radius 3 is 2.20 bits per heavy atom. The van der Waals surface area contributed by atoms with Gasteiger partial charge in [-0.25, -0.2) is 0 Å². The molecule has 0 aliphatic rings. The molecule has 0 spiro atoms. The minimum absolute atomic E-state index is 0.489. The van der Waals surface area contributed by atoms with E-state index >= 15 is 0 Å². The van der Waals surface area contributed by atoms with Gasteiger partial charge >= 0.3 is 0 Å². The van der Waals surface area contributed by atoms with Crippen LogP contribution < -0.4 is 11.5 Å². The minimum atomic E-state index is 0.489. The summed E-state index contributed by atoms with van der Waals surface area (Å²) in [6.07, 6.45) is 0. The molecule has 4 heteroatoms. The van der Waals surface area contributed by atoms with E-state index < -0.39 is 0 Å². The van der Waals surface area contributed by atoms with E-state index in [0.29, 0.717) is 21.3 Å². The second kappa shape index (κ2) is 2.60. The van der Waals surface area contributed by atoms with E-state index in [1.165, 1.54) is 0 Å². The van der Waals surface area contributed by atoms with E-state index in [4.69, 9.17) is 23.1 Å². The Morgan fingerprint density at radius 2 is 1.70 bits per heavy atom. The molecule has 4 N–H and O–H groups in total. The van der Waals surface area contributed by atoms with Crippen LogP contribution in [0.3, 0.4) is 0 Å². The maximum atomic E-state index is 5.67. The Labute approximate surface area is 69.6 Å². The lowest BCUT2D eigenvalue weighted by Gasteiger charge is -2.01. The van der Waals surface area contributed by atoms with Crippen molar-refractivity contribution in [3.8, 4) is 0 Å². The molecule has 0 aliphatic carbocycles. The molecule has 0 bridgehead atoms. The standard InChI is InChI=1S/C6H7ClN2S/c7-3-1-4(8)5(9)2-6(3)10/h1-2,10H,8-9H2. The predicted octanol–water partition coefficient (Wildman–Crippen LogP) is 1.79. The lowest BCUT2D eigenvalue weighted by Crippen LogP contribution is -1.93. The zero-order valence-corrected chi connectivity index (χ0v) is 6.78. The van der Waals surface area contributed by atoms with Crippen LogP contribution in [0.1, 0.15) is 0 Å². The number of nitrogens with two attached hydrogens (primary N) is 2. The quantitative estimate of drug-likeness (QED) is 0.415. The van der Waals surface area contributed by atoms with E-state index in [2.05, 4.69) is 12.6 Å². The first-order chi connectivity index (χ1) is 4.61. The molecule has 0 saturated carbocycles. The predicted molar refractivity (Wildman–Crippen MR) is 47.5 cm³/mol. The first-order valence-electron chi connectivity index (χ1n) is 2.64. The number of rotatable bonds is 0. The number of thiol groups is 1. The third-order valence-corrected chi connectivity index (χ3v) is 1.97. The summed E-state index contributed by atoms with van der Waals surface area (Å²) in [6.45, 7) is 0. The number of hydrogen-bond acceptors (Lipinski definition) is 3. The first-order valence-corrected chi connectivity index (χ1v) is 3.47. The molecule has 0 aliphatic heterocycles. The SMILES string of the molecule is Nc1cc(S)c(Cl)cc1N. The van der Waals surface area contributed by atoms with Crippen LogP contribution in [-0.2, 0) is 0 Å². The summed E-state index contributed by atoms with van der Waals surface area (Å²) in [5, 5.41) is 0.523. The van der Waals surface area contributed by atoms with Gasteiger partial charge in [-0.05, 0) is 12.1 Å². The van der Waals surface area contributed by atoms with Crippen LogP contribution in [-0.4, -0.2) is 0 Å². The summed E-state index contributed by atoms with van der Waals surface area (Å²) in [6, 6.07) is 3.21. The molecule has 1 aromatic rings. The van der Waals surface area contributed by atoms with Crippen molar-refractivity contribution in [1.29, 1.82) is 0 Å². The fourth-order valence-electron chi connectivity index (χ4n) is 0.593. The van der Waals surface area contributed by atoms with Crippen molar-refractivity contribution >= 4 is 35.6 Å². The molecule has 2 nitrogen and oxygen atoms in total. The fraction of sp³-hybridized carbons (Fsp3) is 0. The Balaban J connectivity index is 3.28. The molecular formula is C6H7ClN2S. The van der Waals surface area contributed by atoms with Crippen LogP contribution in [0.4, 0.5) is 11.4 Å². The van der Waals surface area contributed by atoms with Gasteiger partial charge in [0.25, 0.3) is 0 Å². The van der Waals surface area contributed by atoms with E-state index in [-0.39, 0.29) is 0 Å². The van der Waals surface area contributed by atoms with Crippen molar-refractivity contribution < 1.29 is 0 Å². The zero-order valence-electron chi connectivity index (χ0n) is 5.13. The van der Waals surface area contributed by atoms with Gasteiger partial charge in [-0.2, -0.15) is 0 Å². The lowest BCUT2D eigenvalue weighted by atomic mass is 10.3. The molecule has 0 aromatic heterocycles. The van der Waals surface area contributed by atoms with Gasteiger partial charge in [-0.1, -0.05) is 11.6 Å². The molecule has 0 saturated heterocycles. The third-order valence-electron chi connectivity index (χ3n) is 1.15. The summed E-state index contributed by atoms with van der Waals surface area (Å²) in [4.78, 5) is 0.647. The molecule has 1 rings (SSSR count). The van der Waals surface area contributed by atoms with Crippen LogP contribution in [0, 0.1) is 0 Å².